The van der Waals surface area contributed by atoms with Crippen molar-refractivity contribution in [1.82, 2.24) is 0 Å². The smallest absolute Gasteiger partial charge is 0.150 e. The van der Waals surface area contributed by atoms with Gasteiger partial charge >= 0.3 is 0 Å². The number of nitrogens with one attached hydrogen (secondary N) is 1. The molecule has 0 saturated carbocycles. The molecule has 0 amide bonds. The van der Waals surface area contributed by atoms with Crippen LogP contribution >= 0.6 is 0 Å². The Morgan fingerprint density at radius 1 is 0.619 bits per heavy atom. The molecule has 0 aliphatic carbocycles. The molecule has 0 aromatic heterocycles. The normalized spacial score (nSPS) is 11.8. The third-order valence-electron chi connectivity index (χ3n) is 3.16. The van der Waals surface area contributed by atoms with Crippen LogP contribution in [0.2, 0.25) is 0 Å². The van der Waals surface area contributed by atoms with Gasteiger partial charge < -0.3 is 4.72 Å². The summed E-state index contributed by atoms with van der Waals surface area (Å²) in [6, 6.07) is 27.5. The number of hydrogen-bond donors (Lipinski definition) is 1. The molecule has 2 nitrogen and oxygen atoms in total. The molecule has 0 radical (unpaired) electrons. The maximum Gasteiger partial charge on any atom is 0.150 e. The van der Waals surface area contributed by atoms with Crippen LogP contribution in [-0.2, 0) is 11.0 Å². The van der Waals surface area contributed by atoms with Crippen LogP contribution in [0.1, 0.15) is 0 Å². The van der Waals surface area contributed by atoms with Crippen molar-refractivity contribution in [3.8, 4) is 11.1 Å². The van der Waals surface area contributed by atoms with E-state index < -0.39 is 11.0 Å². The van der Waals surface area contributed by atoms with Gasteiger partial charge in [0.1, 0.15) is 11.0 Å². The van der Waals surface area contributed by atoms with Crippen molar-refractivity contribution < 1.29 is 4.21 Å². The van der Waals surface area contributed by atoms with Crippen LogP contribution in [0.25, 0.3) is 11.1 Å². The van der Waals surface area contributed by atoms with Gasteiger partial charge in [0.15, 0.2) is 0 Å². The standard InChI is InChI=1S/C18H15NOS/c20-21(18-9-5-2-6-10-18)19-17-13-11-16(12-14-17)15-7-3-1-4-8-15/h1-14,19H. The molecule has 21 heavy (non-hydrogen) atoms. The first-order chi connectivity index (χ1) is 10.3. The minimum Gasteiger partial charge on any atom is -0.301 e. The molecule has 3 aromatic carbocycles. The Morgan fingerprint density at radius 3 is 1.76 bits per heavy atom. The molecule has 1 unspecified atom stereocenters. The van der Waals surface area contributed by atoms with Crippen LogP contribution in [0, 0.1) is 0 Å². The third-order valence-corrected chi connectivity index (χ3v) is 4.28. The number of rotatable bonds is 4. The molecule has 0 saturated heterocycles. The van der Waals surface area contributed by atoms with E-state index in [-0.39, 0.29) is 0 Å². The van der Waals surface area contributed by atoms with E-state index in [2.05, 4.69) is 16.9 Å². The molecule has 0 fully saturated rings. The molecule has 3 aromatic rings. The Bertz CT molecular complexity index is 724. The van der Waals surface area contributed by atoms with E-state index >= 15 is 0 Å². The Hall–Kier alpha value is -2.39. The minimum absolute atomic E-state index is 0.768. The molecule has 3 rings (SSSR count). The summed E-state index contributed by atoms with van der Waals surface area (Å²) in [7, 11) is -1.24. The largest absolute Gasteiger partial charge is 0.301 e. The molecule has 1 atom stereocenters. The first-order valence-electron chi connectivity index (χ1n) is 6.72. The lowest BCUT2D eigenvalue weighted by Gasteiger charge is -2.07. The highest BCUT2D eigenvalue weighted by molar-refractivity contribution is 7.86. The van der Waals surface area contributed by atoms with Crippen LogP contribution < -0.4 is 4.72 Å². The van der Waals surface area contributed by atoms with Crippen molar-refractivity contribution in [2.45, 2.75) is 4.90 Å². The molecule has 3 heteroatoms. The Morgan fingerprint density at radius 2 is 1.14 bits per heavy atom. The van der Waals surface area contributed by atoms with E-state index in [0.717, 1.165) is 16.1 Å². The zero-order valence-corrected chi connectivity index (χ0v) is 12.2. The lowest BCUT2D eigenvalue weighted by molar-refractivity contribution is 0.686. The lowest BCUT2D eigenvalue weighted by atomic mass is 10.1. The van der Waals surface area contributed by atoms with Crippen LogP contribution in [0.3, 0.4) is 0 Å². The summed E-state index contributed by atoms with van der Waals surface area (Å²) in [6.45, 7) is 0. The fraction of sp³-hybridized carbons (Fsp3) is 0. The molecule has 0 aliphatic heterocycles. The molecule has 1 N–H and O–H groups in total. The van der Waals surface area contributed by atoms with E-state index in [1.54, 1.807) is 0 Å². The van der Waals surface area contributed by atoms with Crippen molar-refractivity contribution in [2.75, 3.05) is 4.72 Å². The highest BCUT2D eigenvalue weighted by Gasteiger charge is 2.03. The fourth-order valence-corrected chi connectivity index (χ4v) is 2.94. The van der Waals surface area contributed by atoms with Crippen molar-refractivity contribution in [1.29, 1.82) is 0 Å². The van der Waals surface area contributed by atoms with Gasteiger partial charge in [0, 0.05) is 5.69 Å². The quantitative estimate of drug-likeness (QED) is 0.754. The van der Waals surface area contributed by atoms with Crippen molar-refractivity contribution in [3.05, 3.63) is 84.9 Å². The van der Waals surface area contributed by atoms with Crippen molar-refractivity contribution >= 4 is 16.7 Å². The predicted molar refractivity (Wildman–Crippen MR) is 88.4 cm³/mol. The van der Waals surface area contributed by atoms with Crippen LogP contribution in [-0.4, -0.2) is 4.21 Å². The second-order valence-corrected chi connectivity index (χ2v) is 5.84. The maximum atomic E-state index is 12.2. The summed E-state index contributed by atoms with van der Waals surface area (Å²) in [6.07, 6.45) is 0. The van der Waals surface area contributed by atoms with Gasteiger partial charge in [-0.3, -0.25) is 0 Å². The van der Waals surface area contributed by atoms with Gasteiger partial charge in [-0.15, -0.1) is 0 Å². The maximum absolute atomic E-state index is 12.2. The molecular formula is C18H15NOS. The molecule has 0 heterocycles. The Kier molecular flexibility index (Phi) is 4.12. The van der Waals surface area contributed by atoms with Crippen LogP contribution in [0.15, 0.2) is 89.8 Å². The Balaban J connectivity index is 1.75. The van der Waals surface area contributed by atoms with E-state index in [1.165, 1.54) is 5.56 Å². The zero-order chi connectivity index (χ0) is 14.5. The monoisotopic (exact) mass is 293 g/mol. The van der Waals surface area contributed by atoms with Gasteiger partial charge in [-0.25, -0.2) is 4.21 Å². The highest BCUT2D eigenvalue weighted by atomic mass is 32.2. The van der Waals surface area contributed by atoms with E-state index in [0.29, 0.717) is 0 Å². The first-order valence-corrected chi connectivity index (χ1v) is 7.87. The van der Waals surface area contributed by atoms with Crippen molar-refractivity contribution in [3.63, 3.8) is 0 Å². The second kappa shape index (κ2) is 6.37. The van der Waals surface area contributed by atoms with Crippen LogP contribution in [0.5, 0.6) is 0 Å². The molecular weight excluding hydrogens is 278 g/mol. The highest BCUT2D eigenvalue weighted by Crippen LogP contribution is 2.21. The SMILES string of the molecule is O=S(Nc1ccc(-c2ccccc2)cc1)c1ccccc1. The average molecular weight is 293 g/mol. The van der Waals surface area contributed by atoms with Gasteiger partial charge in [-0.05, 0) is 35.4 Å². The lowest BCUT2D eigenvalue weighted by Crippen LogP contribution is -2.04. The van der Waals surface area contributed by atoms with Crippen LogP contribution in [0.4, 0.5) is 5.69 Å². The number of benzene rings is 3. The number of hydrogen-bond acceptors (Lipinski definition) is 1. The van der Waals surface area contributed by atoms with E-state index in [9.17, 15) is 4.21 Å². The summed E-state index contributed by atoms with van der Waals surface area (Å²) in [4.78, 5) is 0.768. The van der Waals surface area contributed by atoms with Gasteiger partial charge in [0.05, 0.1) is 4.90 Å². The third kappa shape index (κ3) is 3.38. The summed E-state index contributed by atoms with van der Waals surface area (Å²) in [5, 5.41) is 0. The molecule has 0 spiro atoms. The molecule has 0 aliphatic rings. The van der Waals surface area contributed by atoms with E-state index in [1.807, 2.05) is 72.8 Å². The summed E-state index contributed by atoms with van der Waals surface area (Å²) in [5.74, 6) is 0. The minimum atomic E-state index is -1.24. The summed E-state index contributed by atoms with van der Waals surface area (Å²) < 4.78 is 15.2. The number of anilines is 1. The zero-order valence-electron chi connectivity index (χ0n) is 11.4. The first kappa shape index (κ1) is 13.6. The second-order valence-electron chi connectivity index (χ2n) is 4.63. The van der Waals surface area contributed by atoms with E-state index in [4.69, 9.17) is 0 Å². The van der Waals surface area contributed by atoms with Gasteiger partial charge in [0.2, 0.25) is 0 Å². The van der Waals surface area contributed by atoms with Gasteiger partial charge in [0.25, 0.3) is 0 Å². The van der Waals surface area contributed by atoms with Gasteiger partial charge in [-0.2, -0.15) is 0 Å². The topological polar surface area (TPSA) is 29.1 Å². The predicted octanol–water partition coefficient (Wildman–Crippen LogP) is 4.49. The Labute approximate surface area is 127 Å². The average Bonchev–Trinajstić information content (AvgIpc) is 2.57. The summed E-state index contributed by atoms with van der Waals surface area (Å²) >= 11 is 0. The fourth-order valence-electron chi connectivity index (χ4n) is 2.07. The summed E-state index contributed by atoms with van der Waals surface area (Å²) in [5.41, 5.74) is 3.16. The van der Waals surface area contributed by atoms with Crippen molar-refractivity contribution in [2.24, 2.45) is 0 Å². The molecule has 104 valence electrons. The molecule has 0 bridgehead atoms. The van der Waals surface area contributed by atoms with Gasteiger partial charge in [-0.1, -0.05) is 60.7 Å².